The van der Waals surface area contributed by atoms with Crippen molar-refractivity contribution < 1.29 is 23.1 Å². The molecule has 3 fully saturated rings. The molecule has 108 valence electrons. The normalized spacial score (nSPS) is 43.1. The van der Waals surface area contributed by atoms with E-state index < -0.39 is 27.6 Å². The van der Waals surface area contributed by atoms with Gasteiger partial charge in [0.25, 0.3) is 0 Å². The van der Waals surface area contributed by atoms with Gasteiger partial charge in [-0.05, 0) is 6.42 Å². The summed E-state index contributed by atoms with van der Waals surface area (Å²) in [6.07, 6.45) is 0.268. The number of hydrogen-bond acceptors (Lipinski definition) is 5. The molecule has 4 atom stereocenters. The summed E-state index contributed by atoms with van der Waals surface area (Å²) in [6, 6.07) is -0.821. The quantitative estimate of drug-likeness (QED) is 0.650. The van der Waals surface area contributed by atoms with Crippen LogP contribution in [0.2, 0.25) is 0 Å². The van der Waals surface area contributed by atoms with Crippen LogP contribution >= 0.6 is 0 Å². The number of ether oxygens (including phenoxy) is 1. The van der Waals surface area contributed by atoms with Crippen LogP contribution < -0.4 is 5.32 Å². The smallest absolute Gasteiger partial charge is 0.317 e. The van der Waals surface area contributed by atoms with Crippen molar-refractivity contribution in [2.75, 3.05) is 31.7 Å². The highest BCUT2D eigenvalue weighted by atomic mass is 32.2. The monoisotopic (exact) mass is 290 g/mol. The zero-order valence-corrected chi connectivity index (χ0v) is 11.5. The molecule has 7 nitrogen and oxygen atoms in total. The minimum absolute atomic E-state index is 0.0546. The van der Waals surface area contributed by atoms with Crippen molar-refractivity contribution in [2.24, 2.45) is 5.92 Å². The largest absolute Gasteiger partial charge is 0.388 e. The number of piperidine rings is 1. The molecule has 8 heteroatoms. The minimum Gasteiger partial charge on any atom is -0.388 e. The average Bonchev–Trinajstić information content (AvgIpc) is 2.67. The Labute approximate surface area is 111 Å². The van der Waals surface area contributed by atoms with Gasteiger partial charge in [0, 0.05) is 19.6 Å². The van der Waals surface area contributed by atoms with E-state index in [4.69, 9.17) is 4.74 Å². The van der Waals surface area contributed by atoms with Crippen molar-refractivity contribution in [1.82, 2.24) is 10.2 Å². The maximum absolute atomic E-state index is 12.0. The molecule has 0 bridgehead atoms. The number of fused-ring (bicyclic) bond motifs is 1. The SMILES string of the molecule is COC1CS(=O)(=O)CC1NC(=O)N1CC2CC2(O)C1. The lowest BCUT2D eigenvalue weighted by Crippen LogP contribution is -2.49. The number of methoxy groups -OCH3 is 1. The number of likely N-dealkylation sites (tertiary alicyclic amines) is 1. The number of nitrogens with zero attached hydrogens (tertiary/aromatic N) is 1. The Balaban J connectivity index is 1.61. The summed E-state index contributed by atoms with van der Waals surface area (Å²) >= 11 is 0. The molecule has 19 heavy (non-hydrogen) atoms. The van der Waals surface area contributed by atoms with Crippen LogP contribution in [-0.2, 0) is 14.6 Å². The highest BCUT2D eigenvalue weighted by Gasteiger charge is 2.60. The number of urea groups is 1. The summed E-state index contributed by atoms with van der Waals surface area (Å²) in [5.41, 5.74) is -0.695. The summed E-state index contributed by atoms with van der Waals surface area (Å²) < 4.78 is 28.2. The highest BCUT2D eigenvalue weighted by Crippen LogP contribution is 2.49. The van der Waals surface area contributed by atoms with E-state index in [0.29, 0.717) is 13.1 Å². The summed E-state index contributed by atoms with van der Waals surface area (Å²) in [5.74, 6) is 0.0450. The van der Waals surface area contributed by atoms with Gasteiger partial charge in [0.1, 0.15) is 0 Å². The van der Waals surface area contributed by atoms with E-state index in [-0.39, 0.29) is 23.5 Å². The third kappa shape index (κ3) is 2.32. The number of β-amino-alcohol motifs (C(OH)–C–C–N with tert-alkyl or cyclic N) is 1. The fourth-order valence-electron chi connectivity index (χ4n) is 3.04. The second kappa shape index (κ2) is 4.07. The lowest BCUT2D eigenvalue weighted by atomic mass is 10.2. The molecule has 2 aliphatic heterocycles. The van der Waals surface area contributed by atoms with Gasteiger partial charge in [-0.2, -0.15) is 0 Å². The molecule has 2 heterocycles. The molecule has 3 rings (SSSR count). The maximum atomic E-state index is 12.0. The Morgan fingerprint density at radius 2 is 2.21 bits per heavy atom. The van der Waals surface area contributed by atoms with Crippen LogP contribution in [-0.4, -0.2) is 73.9 Å². The molecular formula is C11H18N2O5S. The number of nitrogens with one attached hydrogen (secondary N) is 1. The second-order valence-electron chi connectivity index (χ2n) is 5.79. The summed E-state index contributed by atoms with van der Waals surface area (Å²) in [5, 5.41) is 12.6. The first-order valence-electron chi connectivity index (χ1n) is 6.34. The third-order valence-corrected chi connectivity index (χ3v) is 6.01. The van der Waals surface area contributed by atoms with Gasteiger partial charge in [-0.3, -0.25) is 0 Å². The first kappa shape index (κ1) is 13.1. The van der Waals surface area contributed by atoms with Gasteiger partial charge in [0.15, 0.2) is 9.84 Å². The van der Waals surface area contributed by atoms with Crippen LogP contribution in [0.25, 0.3) is 0 Å². The van der Waals surface area contributed by atoms with Crippen LogP contribution in [0.4, 0.5) is 4.79 Å². The Kier molecular flexibility index (Phi) is 2.81. The average molecular weight is 290 g/mol. The Morgan fingerprint density at radius 3 is 2.79 bits per heavy atom. The zero-order valence-electron chi connectivity index (χ0n) is 10.7. The fourth-order valence-corrected chi connectivity index (χ4v) is 4.89. The first-order valence-corrected chi connectivity index (χ1v) is 8.16. The van der Waals surface area contributed by atoms with Crippen LogP contribution in [0, 0.1) is 5.92 Å². The van der Waals surface area contributed by atoms with E-state index >= 15 is 0 Å². The van der Waals surface area contributed by atoms with Gasteiger partial charge in [-0.15, -0.1) is 0 Å². The maximum Gasteiger partial charge on any atom is 0.317 e. The van der Waals surface area contributed by atoms with Crippen molar-refractivity contribution in [3.05, 3.63) is 0 Å². The number of amides is 2. The van der Waals surface area contributed by atoms with Crippen molar-refractivity contribution in [3.63, 3.8) is 0 Å². The molecule has 4 unspecified atom stereocenters. The molecule has 0 aromatic rings. The molecule has 1 saturated carbocycles. The number of aliphatic hydroxyl groups is 1. The summed E-state index contributed by atoms with van der Waals surface area (Å²) in [7, 11) is -1.70. The van der Waals surface area contributed by atoms with E-state index in [1.54, 1.807) is 4.90 Å². The van der Waals surface area contributed by atoms with E-state index in [0.717, 1.165) is 6.42 Å². The Morgan fingerprint density at radius 1 is 1.47 bits per heavy atom. The predicted octanol–water partition coefficient (Wildman–Crippen LogP) is -1.43. The van der Waals surface area contributed by atoms with Gasteiger partial charge >= 0.3 is 6.03 Å². The van der Waals surface area contributed by atoms with Crippen LogP contribution in [0.15, 0.2) is 0 Å². The molecule has 2 N–H and O–H groups in total. The summed E-state index contributed by atoms with van der Waals surface area (Å²) in [4.78, 5) is 13.6. The van der Waals surface area contributed by atoms with Gasteiger partial charge in [0.05, 0.1) is 35.8 Å². The standard InChI is InChI=1S/C11H18N2O5S/c1-18-9-5-19(16,17)4-8(9)12-10(14)13-3-7-2-11(7,15)6-13/h7-9,15H,2-6H2,1H3,(H,12,14). The topological polar surface area (TPSA) is 95.9 Å². The fraction of sp³-hybridized carbons (Fsp3) is 0.909. The van der Waals surface area contributed by atoms with Crippen LogP contribution in [0.1, 0.15) is 6.42 Å². The van der Waals surface area contributed by atoms with E-state index in [1.807, 2.05) is 0 Å². The van der Waals surface area contributed by atoms with Gasteiger partial charge in [0.2, 0.25) is 0 Å². The first-order chi connectivity index (χ1) is 8.83. The predicted molar refractivity (Wildman–Crippen MR) is 66.4 cm³/mol. The molecule has 0 aromatic heterocycles. The van der Waals surface area contributed by atoms with Gasteiger partial charge in [-0.25, -0.2) is 13.2 Å². The van der Waals surface area contributed by atoms with Crippen molar-refractivity contribution in [2.45, 2.75) is 24.2 Å². The zero-order chi connectivity index (χ0) is 13.8. The van der Waals surface area contributed by atoms with Crippen LogP contribution in [0.5, 0.6) is 0 Å². The third-order valence-electron chi connectivity index (χ3n) is 4.30. The number of carbonyl (C=O) groups is 1. The molecule has 0 radical (unpaired) electrons. The molecule has 1 aliphatic carbocycles. The summed E-state index contributed by atoms with van der Waals surface area (Å²) in [6.45, 7) is 0.875. The van der Waals surface area contributed by atoms with Crippen molar-refractivity contribution in [3.8, 4) is 0 Å². The number of hydrogen-bond donors (Lipinski definition) is 2. The van der Waals surface area contributed by atoms with Crippen molar-refractivity contribution in [1.29, 1.82) is 0 Å². The lowest BCUT2D eigenvalue weighted by Gasteiger charge is -2.24. The molecule has 0 aromatic carbocycles. The van der Waals surface area contributed by atoms with Gasteiger partial charge in [-0.1, -0.05) is 0 Å². The van der Waals surface area contributed by atoms with Crippen LogP contribution in [0.3, 0.4) is 0 Å². The lowest BCUT2D eigenvalue weighted by molar-refractivity contribution is 0.0956. The number of carbonyl (C=O) groups excluding carboxylic acids is 1. The molecule has 2 amide bonds. The molecule has 3 aliphatic rings. The molecule has 0 spiro atoms. The van der Waals surface area contributed by atoms with Gasteiger partial charge < -0.3 is 20.1 Å². The molecular weight excluding hydrogens is 272 g/mol. The number of sulfone groups is 1. The van der Waals surface area contributed by atoms with Crippen molar-refractivity contribution >= 4 is 15.9 Å². The minimum atomic E-state index is -3.15. The second-order valence-corrected chi connectivity index (χ2v) is 7.95. The van der Waals surface area contributed by atoms with E-state index in [1.165, 1.54) is 7.11 Å². The molecule has 2 saturated heterocycles. The Hall–Kier alpha value is -0.860. The highest BCUT2D eigenvalue weighted by molar-refractivity contribution is 7.91. The number of rotatable bonds is 2. The Bertz CT molecular complexity index is 507. The van der Waals surface area contributed by atoms with E-state index in [2.05, 4.69) is 5.32 Å². The van der Waals surface area contributed by atoms with E-state index in [9.17, 15) is 18.3 Å².